The van der Waals surface area contributed by atoms with Crippen LogP contribution in [0, 0.1) is 5.92 Å². The predicted molar refractivity (Wildman–Crippen MR) is 89.1 cm³/mol. The minimum absolute atomic E-state index is 0.0249. The molecule has 0 aromatic heterocycles. The van der Waals surface area contributed by atoms with Gasteiger partial charge in [0.2, 0.25) is 0 Å². The van der Waals surface area contributed by atoms with Gasteiger partial charge in [-0.15, -0.1) is 0 Å². The van der Waals surface area contributed by atoms with Gasteiger partial charge in [0, 0.05) is 25.1 Å². The topological polar surface area (TPSA) is 56.8 Å². The number of halogens is 2. The van der Waals surface area contributed by atoms with E-state index in [0.717, 1.165) is 0 Å². The van der Waals surface area contributed by atoms with Crippen LogP contribution in [-0.4, -0.2) is 33.0 Å². The molecule has 128 valence electrons. The van der Waals surface area contributed by atoms with Crippen molar-refractivity contribution in [2.24, 2.45) is 5.92 Å². The normalized spacial score (nSPS) is 22.0. The molecule has 23 heavy (non-hydrogen) atoms. The van der Waals surface area contributed by atoms with E-state index in [1.54, 1.807) is 19.1 Å². The second kappa shape index (κ2) is 8.73. The molecule has 1 aliphatic heterocycles. The molecule has 1 aliphatic rings. The highest BCUT2D eigenvalue weighted by molar-refractivity contribution is 6.42. The molecule has 1 N–H and O–H groups in total. The number of rotatable bonds is 7. The Morgan fingerprint density at radius 1 is 1.48 bits per heavy atom. The fraction of sp³-hybridized carbons (Fsp3) is 0.562. The van der Waals surface area contributed by atoms with E-state index in [0.29, 0.717) is 40.9 Å². The van der Waals surface area contributed by atoms with Gasteiger partial charge in [0.05, 0.1) is 16.7 Å². The van der Waals surface area contributed by atoms with E-state index in [-0.39, 0.29) is 31.1 Å². The lowest BCUT2D eigenvalue weighted by Gasteiger charge is -2.19. The van der Waals surface area contributed by atoms with Crippen LogP contribution in [0.25, 0.3) is 0 Å². The molecule has 1 aromatic carbocycles. The Morgan fingerprint density at radius 3 is 2.96 bits per heavy atom. The van der Waals surface area contributed by atoms with Crippen molar-refractivity contribution >= 4 is 29.2 Å². The van der Waals surface area contributed by atoms with Crippen molar-refractivity contribution < 1.29 is 20.4 Å². The number of methoxy groups -OCH3 is 1. The largest absolute Gasteiger partial charge is 0.467 e. The van der Waals surface area contributed by atoms with Gasteiger partial charge in [0.25, 0.3) is 0 Å². The fourth-order valence-corrected chi connectivity index (χ4v) is 3.11. The molecule has 1 saturated heterocycles. The maximum atomic E-state index is 11.7. The number of benzene rings is 1. The lowest BCUT2D eigenvalue weighted by Crippen LogP contribution is -2.16. The van der Waals surface area contributed by atoms with Crippen LogP contribution in [-0.2, 0) is 14.3 Å². The third-order valence-corrected chi connectivity index (χ3v) is 4.48. The summed E-state index contributed by atoms with van der Waals surface area (Å²) in [5.74, 6) is 0.312. The summed E-state index contributed by atoms with van der Waals surface area (Å²) in [6.07, 6.45) is 0.887. The van der Waals surface area contributed by atoms with Crippen LogP contribution in [0.4, 0.5) is 0 Å². The minimum Gasteiger partial charge on any atom is -0.467 e. The van der Waals surface area contributed by atoms with Crippen LogP contribution in [0.3, 0.4) is 0 Å². The van der Waals surface area contributed by atoms with Crippen LogP contribution in [0.5, 0.6) is 5.75 Å². The van der Waals surface area contributed by atoms with Crippen molar-refractivity contribution in [2.75, 3.05) is 27.1 Å². The van der Waals surface area contributed by atoms with Gasteiger partial charge in [-0.1, -0.05) is 23.2 Å². The van der Waals surface area contributed by atoms with Crippen molar-refractivity contribution in [3.8, 4) is 5.75 Å². The van der Waals surface area contributed by atoms with Gasteiger partial charge in [-0.25, -0.2) is 0 Å². The number of hydrogen-bond acceptors (Lipinski definition) is 5. The Kier molecular flexibility index (Phi) is 6.39. The van der Waals surface area contributed by atoms with Gasteiger partial charge in [0.1, 0.15) is 7.16 Å². The first-order valence-electron chi connectivity index (χ1n) is 7.93. The van der Waals surface area contributed by atoms with Crippen molar-refractivity contribution in [3.63, 3.8) is 0 Å². The summed E-state index contributed by atoms with van der Waals surface area (Å²) in [6.45, 7) is 2.66. The minimum atomic E-state index is -0.303. The van der Waals surface area contributed by atoms with E-state index in [1.807, 2.05) is 0 Å². The Morgan fingerprint density at radius 2 is 2.26 bits per heavy atom. The third-order valence-electron chi connectivity index (χ3n) is 3.66. The average Bonchev–Trinajstić information content (AvgIpc) is 2.88. The molecule has 1 heterocycles. The summed E-state index contributed by atoms with van der Waals surface area (Å²) in [5.41, 5.74) is 0.655. The molecule has 0 spiro atoms. The van der Waals surface area contributed by atoms with Gasteiger partial charge in [-0.2, -0.15) is 0 Å². The monoisotopic (exact) mass is 362 g/mol. The summed E-state index contributed by atoms with van der Waals surface area (Å²) >= 11 is 12.5. The van der Waals surface area contributed by atoms with Gasteiger partial charge < -0.3 is 19.5 Å². The van der Waals surface area contributed by atoms with E-state index in [4.69, 9.17) is 38.8 Å². The summed E-state index contributed by atoms with van der Waals surface area (Å²) in [7, 11) is 1.53. The SMILES string of the molecule is [2H]N1CC(CC(=O)OCC)CC1c1c(OCOC)ccc(Cl)c1Cl. The molecule has 1 fully saturated rings. The zero-order valence-corrected chi connectivity index (χ0v) is 14.7. The number of carbonyl (C=O) groups is 1. The van der Waals surface area contributed by atoms with Crippen molar-refractivity contribution in [3.05, 3.63) is 27.7 Å². The van der Waals surface area contributed by atoms with Crippen molar-refractivity contribution in [2.45, 2.75) is 25.8 Å². The predicted octanol–water partition coefficient (Wildman–Crippen LogP) is 3.58. The summed E-state index contributed by atoms with van der Waals surface area (Å²) in [4.78, 5) is 11.7. The standard InChI is InChI=1S/C16H21Cl2NO4/c1-3-22-14(20)7-10-6-12(19-8-10)15-13(23-9-21-2)5-4-11(17)16(15)18/h4-5,10,12,19H,3,6-9H2,1-2H3/i/hD. The summed E-state index contributed by atoms with van der Waals surface area (Å²) < 4.78 is 23.7. The Bertz CT molecular complexity index is 587. The number of nitrogens with one attached hydrogen (secondary N) is 1. The molecule has 2 unspecified atom stereocenters. The van der Waals surface area contributed by atoms with Gasteiger partial charge in [0.15, 0.2) is 6.79 Å². The molecule has 0 radical (unpaired) electrons. The molecule has 0 amide bonds. The molecule has 2 atom stereocenters. The van der Waals surface area contributed by atoms with E-state index >= 15 is 0 Å². The quantitative estimate of drug-likeness (QED) is 0.593. The Hall–Kier alpha value is -1.01. The maximum absolute atomic E-state index is 11.7. The van der Waals surface area contributed by atoms with Gasteiger partial charge in [-0.3, -0.25) is 4.79 Å². The Balaban J connectivity index is 2.21. The van der Waals surface area contributed by atoms with Crippen molar-refractivity contribution in [1.29, 1.82) is 0 Å². The fourth-order valence-electron chi connectivity index (χ4n) is 2.66. The average molecular weight is 363 g/mol. The number of ether oxygens (including phenoxy) is 3. The highest BCUT2D eigenvalue weighted by atomic mass is 35.5. The molecule has 1 aromatic rings. The Labute approximate surface area is 147 Å². The zero-order valence-electron chi connectivity index (χ0n) is 14.2. The molecule has 0 bridgehead atoms. The zero-order chi connectivity index (χ0) is 17.7. The highest BCUT2D eigenvalue weighted by Gasteiger charge is 2.31. The summed E-state index contributed by atoms with van der Waals surface area (Å²) in [6, 6.07) is 3.06. The van der Waals surface area contributed by atoms with E-state index in [9.17, 15) is 4.79 Å². The molecule has 5 nitrogen and oxygen atoms in total. The first kappa shape index (κ1) is 16.8. The molecule has 0 saturated carbocycles. The van der Waals surface area contributed by atoms with E-state index < -0.39 is 0 Å². The van der Waals surface area contributed by atoms with Crippen LogP contribution < -0.4 is 10.0 Å². The third kappa shape index (κ3) is 4.73. The van der Waals surface area contributed by atoms with Crippen LogP contribution in [0.1, 0.15) is 31.4 Å². The number of hydrogen-bond donors (Lipinski definition) is 1. The maximum Gasteiger partial charge on any atom is 0.306 e. The van der Waals surface area contributed by atoms with Crippen LogP contribution in [0.15, 0.2) is 12.1 Å². The molecular formula is C16H21Cl2NO4. The molecule has 7 heteroatoms. The lowest BCUT2D eigenvalue weighted by atomic mass is 9.97. The summed E-state index contributed by atoms with van der Waals surface area (Å²) in [5, 5.41) is 2.18. The van der Waals surface area contributed by atoms with E-state index in [2.05, 4.69) is 0 Å². The van der Waals surface area contributed by atoms with Crippen molar-refractivity contribution in [1.82, 2.24) is 5.31 Å². The van der Waals surface area contributed by atoms with Crippen LogP contribution in [0.2, 0.25) is 11.5 Å². The molecule has 2 rings (SSSR count). The van der Waals surface area contributed by atoms with Crippen LogP contribution >= 0.6 is 23.2 Å². The second-order valence-electron chi connectivity index (χ2n) is 5.32. The van der Waals surface area contributed by atoms with Gasteiger partial charge in [-0.05, 0) is 37.9 Å². The first-order chi connectivity index (χ1) is 11.5. The first-order valence-corrected chi connectivity index (χ1v) is 8.24. The molecular weight excluding hydrogens is 341 g/mol. The lowest BCUT2D eigenvalue weighted by molar-refractivity contribution is -0.144. The second-order valence-corrected chi connectivity index (χ2v) is 6.10. The van der Waals surface area contributed by atoms with E-state index in [1.165, 1.54) is 12.4 Å². The highest BCUT2D eigenvalue weighted by Crippen LogP contribution is 2.41. The number of esters is 1. The number of carbonyl (C=O) groups excluding carboxylic acids is 1. The molecule has 0 aliphatic carbocycles. The van der Waals surface area contributed by atoms with Gasteiger partial charge >= 0.3 is 5.97 Å². The smallest absolute Gasteiger partial charge is 0.306 e.